The third-order valence-electron chi connectivity index (χ3n) is 3.89. The summed E-state index contributed by atoms with van der Waals surface area (Å²) in [6.07, 6.45) is 9.67. The first kappa shape index (κ1) is 30.5. The number of imidazole rings is 3. The number of H-pyrrole nitrogens is 3. The second-order valence-corrected chi connectivity index (χ2v) is 6.62. The Labute approximate surface area is 204 Å². The number of aromatic nitrogens is 6. The molecule has 34 heavy (non-hydrogen) atoms. The van der Waals surface area contributed by atoms with Gasteiger partial charge in [-0.05, 0) is 0 Å². The summed E-state index contributed by atoms with van der Waals surface area (Å²) in [5, 5.41) is 30.5. The van der Waals surface area contributed by atoms with Gasteiger partial charge in [-0.3, -0.25) is 0 Å². The van der Waals surface area contributed by atoms with Crippen molar-refractivity contribution in [2.24, 2.45) is 17.2 Å². The molecule has 180 valence electrons. The van der Waals surface area contributed by atoms with Gasteiger partial charge in [0, 0.05) is 73.1 Å². The molecule has 0 amide bonds. The largest absolute Gasteiger partial charge is 3.00 e. The molecule has 15 nitrogen and oxygen atoms in total. The van der Waals surface area contributed by atoms with Crippen LogP contribution in [0.5, 0.6) is 0 Å². The average Bonchev–Trinajstić information content (AvgIpc) is 3.53. The first-order valence-corrected chi connectivity index (χ1v) is 9.41. The minimum atomic E-state index is -1.25. The molecule has 0 saturated carbocycles. The average molecular weight is 489 g/mol. The molecule has 0 bridgehead atoms. The molecule has 9 N–H and O–H groups in total. The number of aromatic amines is 3. The molecule has 3 aromatic rings. The number of hydrogen-bond donors (Lipinski definition) is 6. The Balaban J connectivity index is 0.000000473. The zero-order chi connectivity index (χ0) is 24.8. The second-order valence-electron chi connectivity index (χ2n) is 6.62. The van der Waals surface area contributed by atoms with E-state index in [1.54, 1.807) is 0 Å². The Morgan fingerprint density at radius 2 is 0.882 bits per heavy atom. The van der Waals surface area contributed by atoms with Crippen LogP contribution in [0.1, 0.15) is 17.1 Å². The van der Waals surface area contributed by atoms with Gasteiger partial charge in [-0.1, -0.05) is 0 Å². The van der Waals surface area contributed by atoms with Gasteiger partial charge in [0.2, 0.25) is 0 Å². The van der Waals surface area contributed by atoms with Crippen LogP contribution in [-0.4, -0.2) is 83.3 Å². The molecule has 0 aliphatic heterocycles. The van der Waals surface area contributed by atoms with Crippen LogP contribution < -0.4 is 32.5 Å². The fraction of sp³-hybridized carbons (Fsp3) is 0.333. The number of carbonyl (C=O) groups excluding carboxylic acids is 3. The predicted octanol–water partition coefficient (Wildman–Crippen LogP) is -6.29. The molecule has 0 fully saturated rings. The van der Waals surface area contributed by atoms with Crippen molar-refractivity contribution in [3.63, 3.8) is 0 Å². The Bertz CT molecular complexity index is 827. The molecular formula is C18H24AlN9O6. The van der Waals surface area contributed by atoms with E-state index in [1.165, 1.54) is 37.6 Å². The Kier molecular flexibility index (Phi) is 14.4. The SMILES string of the molecule is NC(Cc1cnc[nH]1)C(=O)[O-].NC(Cc1cnc[nH]1)C(=O)[O-].NC(Cc1cnc[nH]1)C(=O)[O-].[Al+3]. The van der Waals surface area contributed by atoms with Crippen LogP contribution in [-0.2, 0) is 33.6 Å². The zero-order valence-electron chi connectivity index (χ0n) is 17.9. The second kappa shape index (κ2) is 16.1. The Morgan fingerprint density at radius 3 is 1.03 bits per heavy atom. The smallest absolute Gasteiger partial charge is 0.548 e. The van der Waals surface area contributed by atoms with Crippen molar-refractivity contribution in [2.75, 3.05) is 0 Å². The van der Waals surface area contributed by atoms with Gasteiger partial charge in [-0.25, -0.2) is 15.0 Å². The van der Waals surface area contributed by atoms with E-state index >= 15 is 0 Å². The molecule has 0 radical (unpaired) electrons. The van der Waals surface area contributed by atoms with Crippen LogP contribution in [0, 0.1) is 0 Å². The molecule has 3 atom stereocenters. The third kappa shape index (κ3) is 12.5. The number of carboxylic acid groups (broad SMARTS) is 3. The summed E-state index contributed by atoms with van der Waals surface area (Å²) in [4.78, 5) is 49.8. The van der Waals surface area contributed by atoms with E-state index in [0.717, 1.165) is 0 Å². The number of carbonyl (C=O) groups is 3. The van der Waals surface area contributed by atoms with Crippen LogP contribution in [0.2, 0.25) is 0 Å². The van der Waals surface area contributed by atoms with Gasteiger partial charge in [-0.2, -0.15) is 0 Å². The minimum absolute atomic E-state index is 0. The van der Waals surface area contributed by atoms with Gasteiger partial charge in [0.25, 0.3) is 0 Å². The standard InChI is InChI=1S/3C6H9N3O2.Al/c3*7-5(6(10)11)1-4-2-8-3-9-4;/h3*2-3,5H,1,7H2,(H,8,9)(H,10,11);/q;;;+3/p-3. The molecule has 16 heteroatoms. The van der Waals surface area contributed by atoms with E-state index in [-0.39, 0.29) is 36.6 Å². The number of rotatable bonds is 9. The molecule has 0 aliphatic rings. The van der Waals surface area contributed by atoms with Gasteiger partial charge in [0.15, 0.2) is 0 Å². The van der Waals surface area contributed by atoms with Gasteiger partial charge in [-0.15, -0.1) is 0 Å². The van der Waals surface area contributed by atoms with E-state index in [4.69, 9.17) is 17.2 Å². The summed E-state index contributed by atoms with van der Waals surface area (Å²) < 4.78 is 0. The van der Waals surface area contributed by atoms with Crippen molar-refractivity contribution in [1.29, 1.82) is 0 Å². The minimum Gasteiger partial charge on any atom is -0.548 e. The maximum atomic E-state index is 10.2. The summed E-state index contributed by atoms with van der Waals surface area (Å²) >= 11 is 0. The van der Waals surface area contributed by atoms with Gasteiger partial charge < -0.3 is 61.9 Å². The summed E-state index contributed by atoms with van der Waals surface area (Å²) in [5.41, 5.74) is 17.7. The van der Waals surface area contributed by atoms with E-state index in [0.29, 0.717) is 17.1 Å². The van der Waals surface area contributed by atoms with Crippen molar-refractivity contribution < 1.29 is 29.7 Å². The molecule has 0 saturated heterocycles. The number of hydrogen-bond acceptors (Lipinski definition) is 12. The van der Waals surface area contributed by atoms with E-state index in [2.05, 4.69) is 29.9 Å². The fourth-order valence-electron chi connectivity index (χ4n) is 2.15. The molecular weight excluding hydrogens is 465 g/mol. The van der Waals surface area contributed by atoms with Crippen LogP contribution >= 0.6 is 0 Å². The summed E-state index contributed by atoms with van der Waals surface area (Å²) in [6.45, 7) is 0. The molecule has 3 heterocycles. The van der Waals surface area contributed by atoms with Crippen LogP contribution in [0.4, 0.5) is 0 Å². The fourth-order valence-corrected chi connectivity index (χ4v) is 2.15. The maximum Gasteiger partial charge on any atom is 3.00 e. The van der Waals surface area contributed by atoms with Crippen LogP contribution in [0.15, 0.2) is 37.6 Å². The zero-order valence-corrected chi connectivity index (χ0v) is 19.1. The molecule has 3 aromatic heterocycles. The topological polar surface area (TPSA) is 284 Å². The number of nitrogens with zero attached hydrogens (tertiary/aromatic N) is 3. The third-order valence-corrected chi connectivity index (χ3v) is 3.89. The monoisotopic (exact) mass is 489 g/mol. The van der Waals surface area contributed by atoms with Crippen LogP contribution in [0.3, 0.4) is 0 Å². The number of nitrogens with one attached hydrogen (secondary N) is 3. The Hall–Kier alpha value is -3.55. The van der Waals surface area contributed by atoms with Crippen molar-refractivity contribution in [3.05, 3.63) is 54.7 Å². The quantitative estimate of drug-likeness (QED) is 0.153. The van der Waals surface area contributed by atoms with Gasteiger partial charge >= 0.3 is 17.4 Å². The predicted molar refractivity (Wildman–Crippen MR) is 112 cm³/mol. The number of aliphatic carboxylic acids is 3. The van der Waals surface area contributed by atoms with Crippen molar-refractivity contribution in [3.8, 4) is 0 Å². The van der Waals surface area contributed by atoms with E-state index in [1.807, 2.05) is 0 Å². The van der Waals surface area contributed by atoms with E-state index < -0.39 is 36.0 Å². The first-order chi connectivity index (χ1) is 15.6. The summed E-state index contributed by atoms with van der Waals surface area (Å²) in [5.74, 6) is -3.75. The van der Waals surface area contributed by atoms with E-state index in [9.17, 15) is 29.7 Å². The molecule has 0 spiro atoms. The van der Waals surface area contributed by atoms with Gasteiger partial charge in [0.05, 0.1) is 36.9 Å². The van der Waals surface area contributed by atoms with Gasteiger partial charge in [0.1, 0.15) is 0 Å². The molecule has 3 rings (SSSR count). The summed E-state index contributed by atoms with van der Waals surface area (Å²) in [6, 6.07) is -2.89. The number of carboxylic acids is 3. The van der Waals surface area contributed by atoms with Crippen LogP contribution in [0.25, 0.3) is 0 Å². The van der Waals surface area contributed by atoms with Crippen molar-refractivity contribution in [2.45, 2.75) is 37.4 Å². The maximum absolute atomic E-state index is 10.2. The van der Waals surface area contributed by atoms with Crippen molar-refractivity contribution >= 4 is 35.3 Å². The normalized spacial score (nSPS) is 12.4. The summed E-state index contributed by atoms with van der Waals surface area (Å²) in [7, 11) is 0. The number of nitrogens with two attached hydrogens (primary N) is 3. The molecule has 0 aliphatic carbocycles. The molecule has 3 unspecified atom stereocenters. The first-order valence-electron chi connectivity index (χ1n) is 9.41. The van der Waals surface area contributed by atoms with Crippen molar-refractivity contribution in [1.82, 2.24) is 29.9 Å². The Morgan fingerprint density at radius 1 is 0.647 bits per heavy atom. The molecule has 0 aromatic carbocycles.